The summed E-state index contributed by atoms with van der Waals surface area (Å²) in [7, 11) is -3.75. The van der Waals surface area contributed by atoms with E-state index in [-0.39, 0.29) is 27.3 Å². The summed E-state index contributed by atoms with van der Waals surface area (Å²) in [5.74, 6) is -0.263. The van der Waals surface area contributed by atoms with Crippen LogP contribution in [0.15, 0.2) is 77.0 Å². The first-order valence-electron chi connectivity index (χ1n) is 8.59. The third-order valence-corrected chi connectivity index (χ3v) is 6.62. The van der Waals surface area contributed by atoms with Gasteiger partial charge in [0, 0.05) is 42.2 Å². The molecule has 0 aliphatic rings. The van der Waals surface area contributed by atoms with E-state index in [1.54, 1.807) is 36.7 Å². The van der Waals surface area contributed by atoms with Gasteiger partial charge in [0.1, 0.15) is 5.69 Å². The molecule has 0 saturated heterocycles. The third kappa shape index (κ3) is 3.85. The fourth-order valence-electron chi connectivity index (χ4n) is 2.87. The SMILES string of the molecule is O=C(NCc1ccc(S(=O)(=O)c2ccncc2Cl)cc1)c1cc2cnccc2[nH]1. The van der Waals surface area contributed by atoms with Gasteiger partial charge in [0.05, 0.1) is 14.8 Å². The Morgan fingerprint density at radius 3 is 2.48 bits per heavy atom. The van der Waals surface area contributed by atoms with Crippen LogP contribution in [0.3, 0.4) is 0 Å². The summed E-state index contributed by atoms with van der Waals surface area (Å²) in [6.45, 7) is 0.253. The van der Waals surface area contributed by atoms with Gasteiger partial charge >= 0.3 is 0 Å². The Morgan fingerprint density at radius 1 is 1.03 bits per heavy atom. The number of halogens is 1. The summed E-state index contributed by atoms with van der Waals surface area (Å²) in [4.78, 5) is 23.3. The molecule has 1 amide bonds. The first-order valence-corrected chi connectivity index (χ1v) is 10.5. The van der Waals surface area contributed by atoms with E-state index < -0.39 is 9.84 Å². The summed E-state index contributed by atoms with van der Waals surface area (Å²) in [5, 5.41) is 3.72. The number of aromatic amines is 1. The number of hydrogen-bond acceptors (Lipinski definition) is 5. The average Bonchev–Trinajstić information content (AvgIpc) is 3.17. The van der Waals surface area contributed by atoms with Gasteiger partial charge in [-0.25, -0.2) is 8.42 Å². The highest BCUT2D eigenvalue weighted by atomic mass is 35.5. The number of pyridine rings is 2. The Bertz CT molecular complexity index is 1270. The zero-order valence-corrected chi connectivity index (χ0v) is 16.5. The van der Waals surface area contributed by atoms with Gasteiger partial charge < -0.3 is 10.3 Å². The van der Waals surface area contributed by atoms with Crippen LogP contribution in [-0.2, 0) is 16.4 Å². The summed E-state index contributed by atoms with van der Waals surface area (Å²) < 4.78 is 25.4. The number of sulfone groups is 1. The lowest BCUT2D eigenvalue weighted by Gasteiger charge is -2.08. The standard InChI is InChI=1S/C20H15ClN4O3S/c21-16-12-23-8-6-19(16)29(27,28)15-3-1-13(2-4-15)10-24-20(26)18-9-14-11-22-7-5-17(14)25-18/h1-9,11-12,25H,10H2,(H,24,26). The van der Waals surface area contributed by atoms with Crippen molar-refractivity contribution in [1.29, 1.82) is 0 Å². The number of amides is 1. The lowest BCUT2D eigenvalue weighted by molar-refractivity contribution is 0.0946. The van der Waals surface area contributed by atoms with Crippen LogP contribution in [0.4, 0.5) is 0 Å². The summed E-state index contributed by atoms with van der Waals surface area (Å²) >= 11 is 5.97. The van der Waals surface area contributed by atoms with Crippen LogP contribution in [-0.4, -0.2) is 29.3 Å². The zero-order valence-electron chi connectivity index (χ0n) is 15.0. The van der Waals surface area contributed by atoms with Gasteiger partial charge in [-0.2, -0.15) is 0 Å². The van der Waals surface area contributed by atoms with Crippen molar-refractivity contribution in [3.8, 4) is 0 Å². The minimum absolute atomic E-state index is 0.00326. The molecule has 146 valence electrons. The molecule has 0 bridgehead atoms. The van der Waals surface area contributed by atoms with Crippen molar-refractivity contribution in [1.82, 2.24) is 20.3 Å². The summed E-state index contributed by atoms with van der Waals surface area (Å²) in [5.41, 5.74) is 2.02. The second-order valence-electron chi connectivity index (χ2n) is 6.28. The molecule has 0 fully saturated rings. The number of nitrogens with one attached hydrogen (secondary N) is 2. The maximum absolute atomic E-state index is 12.7. The van der Waals surface area contributed by atoms with Gasteiger partial charge in [-0.15, -0.1) is 0 Å². The van der Waals surface area contributed by atoms with Gasteiger partial charge in [0.25, 0.3) is 5.91 Å². The molecule has 2 N–H and O–H groups in total. The average molecular weight is 427 g/mol. The van der Waals surface area contributed by atoms with Crippen molar-refractivity contribution >= 4 is 38.2 Å². The van der Waals surface area contributed by atoms with E-state index in [9.17, 15) is 13.2 Å². The number of carbonyl (C=O) groups is 1. The van der Waals surface area contributed by atoms with E-state index in [1.807, 2.05) is 0 Å². The number of hydrogen-bond donors (Lipinski definition) is 2. The largest absolute Gasteiger partial charge is 0.350 e. The number of H-pyrrole nitrogens is 1. The van der Waals surface area contributed by atoms with Crippen LogP contribution in [0.2, 0.25) is 5.02 Å². The number of fused-ring (bicyclic) bond motifs is 1. The van der Waals surface area contributed by atoms with E-state index in [4.69, 9.17) is 11.6 Å². The fraction of sp³-hybridized carbons (Fsp3) is 0.0500. The Balaban J connectivity index is 1.47. The van der Waals surface area contributed by atoms with Crippen LogP contribution in [0.25, 0.3) is 10.9 Å². The van der Waals surface area contributed by atoms with Crippen LogP contribution in [0, 0.1) is 0 Å². The molecule has 0 radical (unpaired) electrons. The van der Waals surface area contributed by atoms with E-state index in [1.165, 1.54) is 30.6 Å². The number of rotatable bonds is 5. The Hall–Kier alpha value is -3.23. The van der Waals surface area contributed by atoms with Crippen molar-refractivity contribution in [3.63, 3.8) is 0 Å². The van der Waals surface area contributed by atoms with Crippen LogP contribution >= 0.6 is 11.6 Å². The topological polar surface area (TPSA) is 105 Å². The first-order chi connectivity index (χ1) is 13.9. The fourth-order valence-corrected chi connectivity index (χ4v) is 4.59. The Kier molecular flexibility index (Phi) is 5.04. The quantitative estimate of drug-likeness (QED) is 0.509. The lowest BCUT2D eigenvalue weighted by atomic mass is 10.2. The monoisotopic (exact) mass is 426 g/mol. The first kappa shape index (κ1) is 19.1. The van der Waals surface area contributed by atoms with Crippen LogP contribution < -0.4 is 5.32 Å². The van der Waals surface area contributed by atoms with E-state index in [0.29, 0.717) is 5.69 Å². The maximum atomic E-state index is 12.7. The molecule has 3 heterocycles. The van der Waals surface area contributed by atoms with E-state index >= 15 is 0 Å². The molecule has 7 nitrogen and oxygen atoms in total. The second kappa shape index (κ2) is 7.65. The molecule has 4 rings (SSSR count). The minimum Gasteiger partial charge on any atom is -0.350 e. The number of aromatic nitrogens is 3. The van der Waals surface area contributed by atoms with E-state index in [2.05, 4.69) is 20.3 Å². The van der Waals surface area contributed by atoms with Crippen molar-refractivity contribution in [2.75, 3.05) is 0 Å². The van der Waals surface area contributed by atoms with E-state index in [0.717, 1.165) is 16.5 Å². The molecular formula is C20H15ClN4O3S. The van der Waals surface area contributed by atoms with Gasteiger partial charge in [0.2, 0.25) is 9.84 Å². The highest BCUT2D eigenvalue weighted by Crippen LogP contribution is 2.26. The van der Waals surface area contributed by atoms with Crippen molar-refractivity contribution < 1.29 is 13.2 Å². The van der Waals surface area contributed by atoms with Gasteiger partial charge in [-0.1, -0.05) is 23.7 Å². The predicted octanol–water partition coefficient (Wildman–Crippen LogP) is 3.37. The number of nitrogens with zero attached hydrogens (tertiary/aromatic N) is 2. The molecule has 1 aromatic carbocycles. The summed E-state index contributed by atoms with van der Waals surface area (Å²) in [6, 6.07) is 11.2. The molecule has 3 aromatic heterocycles. The Morgan fingerprint density at radius 2 is 1.76 bits per heavy atom. The zero-order chi connectivity index (χ0) is 20.4. The van der Waals surface area contributed by atoms with Gasteiger partial charge in [0.15, 0.2) is 0 Å². The molecule has 0 unspecified atom stereocenters. The lowest BCUT2D eigenvalue weighted by Crippen LogP contribution is -2.23. The molecule has 9 heteroatoms. The van der Waals surface area contributed by atoms with Crippen molar-refractivity contribution in [2.24, 2.45) is 0 Å². The third-order valence-electron chi connectivity index (χ3n) is 4.38. The van der Waals surface area contributed by atoms with Gasteiger partial charge in [-0.05, 0) is 35.9 Å². The van der Waals surface area contributed by atoms with Crippen LogP contribution in [0.1, 0.15) is 16.1 Å². The molecular weight excluding hydrogens is 412 g/mol. The van der Waals surface area contributed by atoms with Crippen LogP contribution in [0.5, 0.6) is 0 Å². The number of benzene rings is 1. The van der Waals surface area contributed by atoms with Crippen molar-refractivity contribution in [3.05, 3.63) is 83.5 Å². The van der Waals surface area contributed by atoms with Gasteiger partial charge in [-0.3, -0.25) is 14.8 Å². The number of carbonyl (C=O) groups excluding carboxylic acids is 1. The highest BCUT2D eigenvalue weighted by Gasteiger charge is 2.20. The normalized spacial score (nSPS) is 11.5. The second-order valence-corrected chi connectivity index (χ2v) is 8.61. The molecule has 0 saturated carbocycles. The highest BCUT2D eigenvalue weighted by molar-refractivity contribution is 7.91. The molecule has 0 aliphatic heterocycles. The predicted molar refractivity (Wildman–Crippen MR) is 108 cm³/mol. The molecule has 0 aliphatic carbocycles. The minimum atomic E-state index is -3.75. The smallest absolute Gasteiger partial charge is 0.267 e. The molecule has 4 aromatic rings. The molecule has 0 spiro atoms. The maximum Gasteiger partial charge on any atom is 0.267 e. The van der Waals surface area contributed by atoms with Crippen molar-refractivity contribution in [2.45, 2.75) is 16.3 Å². The summed E-state index contributed by atoms with van der Waals surface area (Å²) in [6.07, 6.45) is 5.99. The molecule has 29 heavy (non-hydrogen) atoms. The molecule has 0 atom stereocenters. The Labute approximate surface area is 171 Å².